The lowest BCUT2D eigenvalue weighted by Gasteiger charge is -2.38. The van der Waals surface area contributed by atoms with Gasteiger partial charge >= 0.3 is 5.97 Å². The molecule has 6 rings (SSSR count). The van der Waals surface area contributed by atoms with Crippen LogP contribution in [0, 0.1) is 0 Å². The highest BCUT2D eigenvalue weighted by Crippen LogP contribution is 2.58. The van der Waals surface area contributed by atoms with E-state index in [4.69, 9.17) is 15.0 Å². The molecule has 4 aromatic carbocycles. The van der Waals surface area contributed by atoms with Gasteiger partial charge in [-0.15, -0.1) is 0 Å². The van der Waals surface area contributed by atoms with Crippen molar-refractivity contribution in [2.45, 2.75) is 12.0 Å². The van der Waals surface area contributed by atoms with Crippen LogP contribution in [-0.2, 0) is 16.8 Å². The molecule has 1 spiro atoms. The lowest BCUT2D eigenvalue weighted by molar-refractivity contribution is 0.0221. The fraction of sp³-hybridized carbons (Fsp3) is 0.0741. The number of ether oxygens (including phenoxy) is 2. The first-order valence-corrected chi connectivity index (χ1v) is 10.8. The van der Waals surface area contributed by atoms with Crippen molar-refractivity contribution >= 4 is 11.7 Å². The van der Waals surface area contributed by atoms with Crippen LogP contribution in [0.4, 0.5) is 5.69 Å². The third-order valence-corrected chi connectivity index (χ3v) is 6.35. The Labute approximate surface area is 199 Å². The molecule has 2 heterocycles. The molecule has 1 unspecified atom stereocenters. The van der Waals surface area contributed by atoms with Gasteiger partial charge in [-0.3, -0.25) is 0 Å². The Hall–Kier alpha value is -4.94. The third-order valence-electron chi connectivity index (χ3n) is 6.35. The first kappa shape index (κ1) is 20.7. The second kappa shape index (κ2) is 7.55. The van der Waals surface area contributed by atoms with E-state index in [0.717, 1.165) is 5.56 Å². The van der Waals surface area contributed by atoms with Gasteiger partial charge in [0.15, 0.2) is 5.60 Å². The number of benzene rings is 4. The summed E-state index contributed by atoms with van der Waals surface area (Å²) in [6, 6.07) is 22.0. The van der Waals surface area contributed by atoms with Crippen LogP contribution < -0.4 is 4.74 Å². The van der Waals surface area contributed by atoms with Gasteiger partial charge in [-0.2, -0.15) is 0 Å². The van der Waals surface area contributed by atoms with Crippen molar-refractivity contribution in [3.05, 3.63) is 123 Å². The van der Waals surface area contributed by atoms with Crippen molar-refractivity contribution in [3.8, 4) is 23.0 Å². The summed E-state index contributed by atoms with van der Waals surface area (Å²) in [6.45, 7) is 0. The summed E-state index contributed by atoms with van der Waals surface area (Å²) >= 11 is 0. The smallest absolute Gasteiger partial charge is 0.340 e. The standard InChI is InChI=1S/C27H17N3O5/c28-30-29-17-7-5-15(6-8-17)11-16-12-19(32)14-24-25(16)27(22-10-9-18(31)13-23(22)34-24)21-4-2-1-3-20(21)26(33)35-27/h1-10,12-14,31-32H,11H2. The molecule has 1 atom stereocenters. The molecule has 35 heavy (non-hydrogen) atoms. The Bertz CT molecular complexity index is 1570. The predicted octanol–water partition coefficient (Wildman–Crippen LogP) is 6.20. The molecule has 4 aromatic rings. The molecule has 0 bridgehead atoms. The second-order valence-corrected chi connectivity index (χ2v) is 8.41. The number of phenols is 2. The normalized spacial score (nSPS) is 17.0. The molecule has 170 valence electrons. The minimum absolute atomic E-state index is 0.000419. The number of hydrogen-bond donors (Lipinski definition) is 2. The van der Waals surface area contributed by atoms with E-state index in [1.54, 1.807) is 36.4 Å². The van der Waals surface area contributed by atoms with Crippen LogP contribution in [0.1, 0.15) is 38.2 Å². The fourth-order valence-electron chi connectivity index (χ4n) is 4.97. The van der Waals surface area contributed by atoms with E-state index in [-0.39, 0.29) is 11.5 Å². The highest BCUT2D eigenvalue weighted by atomic mass is 16.6. The summed E-state index contributed by atoms with van der Waals surface area (Å²) in [5, 5.41) is 24.3. The number of rotatable bonds is 3. The van der Waals surface area contributed by atoms with Gasteiger partial charge in [0.1, 0.15) is 23.0 Å². The molecular formula is C27H17N3O5. The van der Waals surface area contributed by atoms with Crippen LogP contribution in [0.25, 0.3) is 10.4 Å². The van der Waals surface area contributed by atoms with Gasteiger partial charge in [0.2, 0.25) is 0 Å². The van der Waals surface area contributed by atoms with Crippen molar-refractivity contribution in [3.63, 3.8) is 0 Å². The Balaban J connectivity index is 1.61. The quantitative estimate of drug-likeness (QED) is 0.162. The van der Waals surface area contributed by atoms with Crippen LogP contribution in [-0.4, -0.2) is 16.2 Å². The summed E-state index contributed by atoms with van der Waals surface area (Å²) in [4.78, 5) is 15.9. The third kappa shape index (κ3) is 3.08. The first-order valence-electron chi connectivity index (χ1n) is 10.8. The van der Waals surface area contributed by atoms with Crippen molar-refractivity contribution in [2.75, 3.05) is 0 Å². The zero-order valence-corrected chi connectivity index (χ0v) is 18.2. The van der Waals surface area contributed by atoms with E-state index < -0.39 is 11.6 Å². The minimum atomic E-state index is -1.32. The zero-order chi connectivity index (χ0) is 24.2. The van der Waals surface area contributed by atoms with Gasteiger partial charge in [-0.05, 0) is 47.3 Å². The van der Waals surface area contributed by atoms with E-state index in [2.05, 4.69) is 10.0 Å². The Morgan fingerprint density at radius 2 is 1.66 bits per heavy atom. The van der Waals surface area contributed by atoms with Gasteiger partial charge in [-0.25, -0.2) is 4.79 Å². The molecule has 0 radical (unpaired) electrons. The van der Waals surface area contributed by atoms with Crippen LogP contribution in [0.3, 0.4) is 0 Å². The molecule has 0 fully saturated rings. The van der Waals surface area contributed by atoms with E-state index in [1.807, 2.05) is 24.3 Å². The number of fused-ring (bicyclic) bond motifs is 6. The molecule has 0 saturated carbocycles. The van der Waals surface area contributed by atoms with Gasteiger partial charge in [-0.1, -0.05) is 47.6 Å². The number of hydrogen-bond acceptors (Lipinski definition) is 6. The lowest BCUT2D eigenvalue weighted by atomic mass is 9.75. The monoisotopic (exact) mass is 463 g/mol. The maximum absolute atomic E-state index is 13.1. The van der Waals surface area contributed by atoms with Crippen molar-refractivity contribution in [2.24, 2.45) is 5.11 Å². The molecule has 0 aliphatic carbocycles. The number of esters is 1. The molecule has 0 aromatic heterocycles. The molecule has 2 aliphatic heterocycles. The molecule has 0 amide bonds. The molecule has 8 heteroatoms. The maximum atomic E-state index is 13.1. The van der Waals surface area contributed by atoms with E-state index >= 15 is 0 Å². The summed E-state index contributed by atoms with van der Waals surface area (Å²) < 4.78 is 12.3. The van der Waals surface area contributed by atoms with E-state index in [1.165, 1.54) is 18.2 Å². The minimum Gasteiger partial charge on any atom is -0.508 e. The van der Waals surface area contributed by atoms with Crippen LogP contribution in [0.5, 0.6) is 23.0 Å². The van der Waals surface area contributed by atoms with Crippen molar-refractivity contribution in [1.29, 1.82) is 0 Å². The fourth-order valence-corrected chi connectivity index (χ4v) is 4.97. The molecule has 2 aliphatic rings. The van der Waals surface area contributed by atoms with Gasteiger partial charge in [0.25, 0.3) is 0 Å². The Kier molecular flexibility index (Phi) is 4.45. The average Bonchev–Trinajstić information content (AvgIpc) is 3.13. The van der Waals surface area contributed by atoms with Crippen LogP contribution >= 0.6 is 0 Å². The first-order chi connectivity index (χ1) is 17.0. The summed E-state index contributed by atoms with van der Waals surface area (Å²) in [5.41, 5.74) is 11.7. The Morgan fingerprint density at radius 1 is 0.886 bits per heavy atom. The molecule has 0 saturated heterocycles. The van der Waals surface area contributed by atoms with Crippen molar-refractivity contribution in [1.82, 2.24) is 0 Å². The maximum Gasteiger partial charge on any atom is 0.340 e. The average molecular weight is 463 g/mol. The van der Waals surface area contributed by atoms with Gasteiger partial charge in [0.05, 0.1) is 11.1 Å². The molecule has 8 nitrogen and oxygen atoms in total. The van der Waals surface area contributed by atoms with Crippen molar-refractivity contribution < 1.29 is 24.5 Å². The number of aromatic hydroxyl groups is 2. The van der Waals surface area contributed by atoms with E-state index in [0.29, 0.717) is 51.4 Å². The van der Waals surface area contributed by atoms with Crippen LogP contribution in [0.15, 0.2) is 84.0 Å². The largest absolute Gasteiger partial charge is 0.508 e. The summed E-state index contributed by atoms with van der Waals surface area (Å²) in [7, 11) is 0. The number of carbonyl (C=O) groups is 1. The number of phenolic OH excluding ortho intramolecular Hbond substituents is 2. The number of carbonyl (C=O) groups excluding carboxylic acids is 1. The lowest BCUT2D eigenvalue weighted by Crippen LogP contribution is -2.34. The number of nitrogens with zero attached hydrogens (tertiary/aromatic N) is 3. The zero-order valence-electron chi connectivity index (χ0n) is 18.2. The highest BCUT2D eigenvalue weighted by molar-refractivity contribution is 5.97. The second-order valence-electron chi connectivity index (χ2n) is 8.41. The number of azide groups is 1. The topological polar surface area (TPSA) is 125 Å². The summed E-state index contributed by atoms with van der Waals surface area (Å²) in [6.07, 6.45) is 0.380. The predicted molar refractivity (Wildman–Crippen MR) is 126 cm³/mol. The van der Waals surface area contributed by atoms with E-state index in [9.17, 15) is 15.0 Å². The van der Waals surface area contributed by atoms with Gasteiger partial charge < -0.3 is 19.7 Å². The Morgan fingerprint density at radius 3 is 2.46 bits per heavy atom. The van der Waals surface area contributed by atoms with Gasteiger partial charge in [0, 0.05) is 33.9 Å². The SMILES string of the molecule is [N-]=[N+]=Nc1ccc(Cc2cc(O)cc3c2C2(OC(=O)c4ccccc42)c2ccc(O)cc2O3)cc1. The van der Waals surface area contributed by atoms with Crippen LogP contribution in [0.2, 0.25) is 0 Å². The molecular weight excluding hydrogens is 446 g/mol. The molecule has 2 N–H and O–H groups in total. The summed E-state index contributed by atoms with van der Waals surface area (Å²) in [5.74, 6) is 0.178. The highest BCUT2D eigenvalue weighted by Gasteiger charge is 2.54.